The van der Waals surface area contributed by atoms with Crippen LogP contribution >= 0.6 is 0 Å². The lowest BCUT2D eigenvalue weighted by Crippen LogP contribution is -2.69. The van der Waals surface area contributed by atoms with Gasteiger partial charge in [0.1, 0.15) is 5.92 Å². The molecule has 0 spiro atoms. The van der Waals surface area contributed by atoms with Crippen LogP contribution in [-0.2, 0) is 19.1 Å². The second-order valence-corrected chi connectivity index (χ2v) is 8.63. The molecule has 32 heavy (non-hydrogen) atoms. The van der Waals surface area contributed by atoms with E-state index in [1.165, 1.54) is 16.0 Å². The van der Waals surface area contributed by atoms with Crippen LogP contribution in [0.1, 0.15) is 37.3 Å². The van der Waals surface area contributed by atoms with Crippen molar-refractivity contribution in [1.82, 2.24) is 15.3 Å². The van der Waals surface area contributed by atoms with Crippen molar-refractivity contribution in [3.05, 3.63) is 59.8 Å². The van der Waals surface area contributed by atoms with Gasteiger partial charge in [-0.1, -0.05) is 42.5 Å². The Balaban J connectivity index is 1.78. The Morgan fingerprint density at radius 3 is 2.53 bits per heavy atom. The molecule has 2 N–H and O–H groups in total. The van der Waals surface area contributed by atoms with Crippen LogP contribution in [0.5, 0.6) is 0 Å². The maximum Gasteiger partial charge on any atom is 0.257 e. The normalized spacial score (nSPS) is 28.2. The minimum atomic E-state index is -2.38. The number of hydrazine groups is 1. The molecule has 0 aromatic heterocycles. The second kappa shape index (κ2) is 8.97. The summed E-state index contributed by atoms with van der Waals surface area (Å²) in [6, 6.07) is 9.26. The molecule has 8 heteroatoms. The first-order valence-electron chi connectivity index (χ1n) is 11.0. The molecule has 0 radical (unpaired) electrons. The quantitative estimate of drug-likeness (QED) is 0.377. The number of nitrogens with one attached hydrogen (secondary N) is 1. The minimum absolute atomic E-state index is 0.183. The number of allylic oxidation sites excluding steroid dienone is 3. The zero-order chi connectivity index (χ0) is 22.9. The molecule has 1 heterocycles. The fourth-order valence-electron chi connectivity index (χ4n) is 4.40. The highest BCUT2D eigenvalue weighted by atomic mass is 16.5. The summed E-state index contributed by atoms with van der Waals surface area (Å²) in [5.74, 6) is -3.57. The number of amides is 1. The Kier molecular flexibility index (Phi) is 6.28. The van der Waals surface area contributed by atoms with E-state index in [2.05, 4.69) is 5.43 Å². The molecular weight excluding hydrogens is 410 g/mol. The Hall–Kier alpha value is -2.81. The van der Waals surface area contributed by atoms with Gasteiger partial charge >= 0.3 is 0 Å². The maximum atomic E-state index is 13.1. The van der Waals surface area contributed by atoms with Crippen LogP contribution in [0.4, 0.5) is 0 Å². The number of ketones is 2. The lowest BCUT2D eigenvalue weighted by molar-refractivity contribution is -0.187. The third-order valence-electron chi connectivity index (χ3n) is 6.31. The Morgan fingerprint density at radius 2 is 1.97 bits per heavy atom. The number of carbonyl (C=O) groups is 3. The van der Waals surface area contributed by atoms with Gasteiger partial charge in [-0.25, -0.2) is 5.43 Å². The van der Waals surface area contributed by atoms with Crippen LogP contribution in [0.2, 0.25) is 0 Å². The van der Waals surface area contributed by atoms with E-state index in [-0.39, 0.29) is 12.1 Å². The average Bonchev–Trinajstić information content (AvgIpc) is 3.28. The van der Waals surface area contributed by atoms with E-state index >= 15 is 0 Å². The van der Waals surface area contributed by atoms with Gasteiger partial charge < -0.3 is 14.7 Å². The number of benzene rings is 1. The molecule has 3 aliphatic rings. The molecule has 1 aromatic rings. The summed E-state index contributed by atoms with van der Waals surface area (Å²) in [6.07, 6.45) is 7.21. The highest BCUT2D eigenvalue weighted by Crippen LogP contribution is 2.38. The van der Waals surface area contributed by atoms with Crippen molar-refractivity contribution in [2.75, 3.05) is 20.7 Å². The number of ether oxygens (including phenoxy) is 1. The summed E-state index contributed by atoms with van der Waals surface area (Å²) in [5, 5.41) is 13.2. The Bertz CT molecular complexity index is 952. The largest absolute Gasteiger partial charge is 0.376 e. The molecule has 170 valence electrons. The third kappa shape index (κ3) is 3.90. The predicted octanol–water partition coefficient (Wildman–Crippen LogP) is 1.49. The van der Waals surface area contributed by atoms with Gasteiger partial charge in [0.15, 0.2) is 0 Å². The first-order chi connectivity index (χ1) is 15.3. The molecule has 1 aromatic carbocycles. The van der Waals surface area contributed by atoms with Gasteiger partial charge in [0, 0.05) is 26.4 Å². The summed E-state index contributed by atoms with van der Waals surface area (Å²) in [5.41, 5.74) is 2.52. The van der Waals surface area contributed by atoms with Crippen LogP contribution in [-0.4, -0.2) is 65.0 Å². The summed E-state index contributed by atoms with van der Waals surface area (Å²) in [6.45, 7) is 0.630. The molecule has 0 saturated carbocycles. The lowest BCUT2D eigenvalue weighted by Gasteiger charge is -2.48. The predicted molar refractivity (Wildman–Crippen MR) is 117 cm³/mol. The molecule has 1 amide bonds. The number of rotatable bonds is 7. The van der Waals surface area contributed by atoms with Gasteiger partial charge in [0.05, 0.1) is 12.1 Å². The maximum absolute atomic E-state index is 13.1. The van der Waals surface area contributed by atoms with Gasteiger partial charge in [0.2, 0.25) is 17.4 Å². The highest BCUT2D eigenvalue weighted by Gasteiger charge is 2.57. The molecule has 1 saturated heterocycles. The van der Waals surface area contributed by atoms with Crippen LogP contribution < -0.4 is 5.43 Å². The van der Waals surface area contributed by atoms with Gasteiger partial charge in [-0.05, 0) is 37.3 Å². The first kappa shape index (κ1) is 22.4. The van der Waals surface area contributed by atoms with E-state index < -0.39 is 29.1 Å². The monoisotopic (exact) mass is 439 g/mol. The van der Waals surface area contributed by atoms with Gasteiger partial charge in [-0.3, -0.25) is 19.4 Å². The molecule has 4 unspecified atom stereocenters. The van der Waals surface area contributed by atoms with Crippen molar-refractivity contribution in [2.45, 2.75) is 43.6 Å². The van der Waals surface area contributed by atoms with E-state index in [0.29, 0.717) is 18.7 Å². The van der Waals surface area contributed by atoms with Gasteiger partial charge in [0.25, 0.3) is 5.78 Å². The standard InChI is InChI=1S/C24H29N3O5/c1-26(2)23(30)18-13-14-19(28)22(29)24(18,31)27(17-10-6-11-17)25-21(20-12-7-15-32-20)16-8-4-3-5-9-16/h3-5,8-10,13-14,18,20-21,25,31H,6-7,11-12,15H2,1-2H3. The van der Waals surface area contributed by atoms with Crippen molar-refractivity contribution in [1.29, 1.82) is 0 Å². The number of carbonyl (C=O) groups excluding carboxylic acids is 3. The number of hydrogen-bond donors (Lipinski definition) is 2. The molecule has 4 rings (SSSR count). The van der Waals surface area contributed by atoms with Crippen molar-refractivity contribution < 1.29 is 24.2 Å². The SMILES string of the molecule is CN(C)C(=O)C1C=CC(=O)C(=O)C1(O)N(NC(c1ccccc1)C1CCCO1)C1=CCC1. The van der Waals surface area contributed by atoms with E-state index in [1.54, 1.807) is 14.1 Å². The van der Waals surface area contributed by atoms with Gasteiger partial charge in [-0.15, -0.1) is 0 Å². The smallest absolute Gasteiger partial charge is 0.257 e. The van der Waals surface area contributed by atoms with Crippen LogP contribution in [0.3, 0.4) is 0 Å². The van der Waals surface area contributed by atoms with Crippen molar-refractivity contribution in [2.24, 2.45) is 5.92 Å². The van der Waals surface area contributed by atoms with Gasteiger partial charge in [-0.2, -0.15) is 0 Å². The highest BCUT2D eigenvalue weighted by molar-refractivity contribution is 6.45. The first-order valence-corrected chi connectivity index (χ1v) is 11.0. The zero-order valence-corrected chi connectivity index (χ0v) is 18.4. The Morgan fingerprint density at radius 1 is 1.25 bits per heavy atom. The van der Waals surface area contributed by atoms with Crippen molar-refractivity contribution >= 4 is 17.5 Å². The second-order valence-electron chi connectivity index (χ2n) is 8.63. The Labute approximate surface area is 187 Å². The molecule has 4 atom stereocenters. The fraction of sp³-hybridized carbons (Fsp3) is 0.458. The minimum Gasteiger partial charge on any atom is -0.376 e. The van der Waals surface area contributed by atoms with E-state index in [4.69, 9.17) is 4.74 Å². The van der Waals surface area contributed by atoms with E-state index in [0.717, 1.165) is 30.9 Å². The van der Waals surface area contributed by atoms with Crippen LogP contribution in [0, 0.1) is 5.92 Å². The van der Waals surface area contributed by atoms with E-state index in [9.17, 15) is 19.5 Å². The average molecular weight is 440 g/mol. The summed E-state index contributed by atoms with van der Waals surface area (Å²) in [7, 11) is 3.11. The fourth-order valence-corrected chi connectivity index (χ4v) is 4.40. The van der Waals surface area contributed by atoms with Crippen molar-refractivity contribution in [3.8, 4) is 0 Å². The topological polar surface area (TPSA) is 99.2 Å². The molecule has 1 aliphatic heterocycles. The zero-order valence-electron chi connectivity index (χ0n) is 18.4. The number of aliphatic hydroxyl groups is 1. The van der Waals surface area contributed by atoms with Crippen LogP contribution in [0.25, 0.3) is 0 Å². The molecular formula is C24H29N3O5. The molecule has 8 nitrogen and oxygen atoms in total. The van der Waals surface area contributed by atoms with Crippen LogP contribution in [0.15, 0.2) is 54.3 Å². The lowest BCUT2D eigenvalue weighted by atomic mass is 9.81. The number of Topliss-reactive ketones (excluding diaryl/α,β-unsaturated/α-hetero) is 1. The molecule has 2 aliphatic carbocycles. The summed E-state index contributed by atoms with van der Waals surface area (Å²) < 4.78 is 5.95. The number of nitrogens with zero attached hydrogens (tertiary/aromatic N) is 2. The number of hydrogen-bond acceptors (Lipinski definition) is 7. The van der Waals surface area contributed by atoms with Crippen molar-refractivity contribution in [3.63, 3.8) is 0 Å². The molecule has 1 fully saturated rings. The third-order valence-corrected chi connectivity index (χ3v) is 6.31. The summed E-state index contributed by atoms with van der Waals surface area (Å²) in [4.78, 5) is 39.8. The molecule has 0 bridgehead atoms. The van der Waals surface area contributed by atoms with E-state index in [1.807, 2.05) is 36.4 Å². The summed E-state index contributed by atoms with van der Waals surface area (Å²) >= 11 is 0.